The Morgan fingerprint density at radius 1 is 1.07 bits per heavy atom. The monoisotopic (exact) mass is 192 g/mol. The van der Waals surface area contributed by atoms with Gasteiger partial charge >= 0.3 is 0 Å². The van der Waals surface area contributed by atoms with Crippen LogP contribution in [0.3, 0.4) is 0 Å². The maximum absolute atomic E-state index is 5.01. The molecule has 3 rings (SSSR count). The van der Waals surface area contributed by atoms with Gasteiger partial charge in [-0.15, -0.1) is 0 Å². The van der Waals surface area contributed by atoms with Crippen molar-refractivity contribution in [2.45, 2.75) is 69.5 Å². The van der Waals surface area contributed by atoms with Crippen molar-refractivity contribution in [1.29, 1.82) is 0 Å². The molecule has 0 saturated heterocycles. The minimum Gasteiger partial charge on any atom is -0.285 e. The number of nitrogens with zero attached hydrogens (tertiary/aromatic N) is 1. The van der Waals surface area contributed by atoms with E-state index in [1.54, 1.807) is 0 Å². The highest BCUT2D eigenvalue weighted by Crippen LogP contribution is 2.36. The number of aliphatic imine (C=N–C) groups is 1. The molecule has 1 heterocycles. The van der Waals surface area contributed by atoms with Crippen LogP contribution >= 0.6 is 0 Å². The predicted octanol–water partition coefficient (Wildman–Crippen LogP) is 2.63. The molecule has 0 aromatic carbocycles. The molecule has 1 atom stereocenters. The van der Waals surface area contributed by atoms with Crippen LogP contribution in [0.2, 0.25) is 0 Å². The highest BCUT2D eigenvalue weighted by atomic mass is 15.2. The normalized spacial score (nSPS) is 35.4. The van der Waals surface area contributed by atoms with E-state index in [2.05, 4.69) is 5.32 Å². The quantitative estimate of drug-likeness (QED) is 0.627. The summed E-state index contributed by atoms with van der Waals surface area (Å²) in [6.45, 7) is 0. The van der Waals surface area contributed by atoms with E-state index in [0.29, 0.717) is 6.04 Å². The van der Waals surface area contributed by atoms with Gasteiger partial charge in [-0.25, -0.2) is 0 Å². The molecule has 0 bridgehead atoms. The van der Waals surface area contributed by atoms with Crippen LogP contribution in [0.25, 0.3) is 0 Å². The molecule has 2 heteroatoms. The lowest BCUT2D eigenvalue weighted by molar-refractivity contribution is 0.247. The standard InChI is InChI=1S/C12H20N2/c1-4-8-12(9-5-1)13-10-6-2-3-7-11(10)14-12/h10,13H,1-9H2. The molecule has 1 unspecified atom stereocenters. The van der Waals surface area contributed by atoms with E-state index in [1.807, 2.05) is 0 Å². The van der Waals surface area contributed by atoms with Crippen LogP contribution in [0, 0.1) is 0 Å². The molecule has 0 radical (unpaired) electrons. The summed E-state index contributed by atoms with van der Waals surface area (Å²) in [7, 11) is 0. The van der Waals surface area contributed by atoms with Crippen molar-refractivity contribution in [2.75, 3.05) is 0 Å². The molecule has 2 saturated carbocycles. The zero-order valence-corrected chi connectivity index (χ0v) is 8.89. The molecule has 14 heavy (non-hydrogen) atoms. The van der Waals surface area contributed by atoms with E-state index in [-0.39, 0.29) is 5.66 Å². The van der Waals surface area contributed by atoms with Crippen molar-refractivity contribution < 1.29 is 0 Å². The van der Waals surface area contributed by atoms with Crippen LogP contribution in [0.5, 0.6) is 0 Å². The van der Waals surface area contributed by atoms with Crippen LogP contribution in [-0.2, 0) is 0 Å². The van der Waals surface area contributed by atoms with Crippen LogP contribution in [0.1, 0.15) is 57.8 Å². The molecule has 1 N–H and O–H groups in total. The molecule has 3 aliphatic rings. The molecular weight excluding hydrogens is 172 g/mol. The van der Waals surface area contributed by atoms with Gasteiger partial charge in [0.25, 0.3) is 0 Å². The fourth-order valence-corrected chi connectivity index (χ4v) is 3.31. The van der Waals surface area contributed by atoms with Crippen LogP contribution in [-0.4, -0.2) is 17.4 Å². The third-order valence-corrected chi connectivity index (χ3v) is 4.06. The lowest BCUT2D eigenvalue weighted by atomic mass is 9.89. The van der Waals surface area contributed by atoms with Crippen molar-refractivity contribution in [3.63, 3.8) is 0 Å². The van der Waals surface area contributed by atoms with Crippen LogP contribution < -0.4 is 5.32 Å². The zero-order chi connectivity index (χ0) is 9.43. The van der Waals surface area contributed by atoms with Gasteiger partial charge in [-0.1, -0.05) is 12.8 Å². The largest absolute Gasteiger partial charge is 0.285 e. The second-order valence-corrected chi connectivity index (χ2v) is 5.14. The lowest BCUT2D eigenvalue weighted by Crippen LogP contribution is -2.46. The summed E-state index contributed by atoms with van der Waals surface area (Å²) < 4.78 is 0. The van der Waals surface area contributed by atoms with Gasteiger partial charge in [0.15, 0.2) is 0 Å². The molecule has 78 valence electrons. The Morgan fingerprint density at radius 3 is 2.71 bits per heavy atom. The third kappa shape index (κ3) is 1.40. The maximum Gasteiger partial charge on any atom is 0.111 e. The summed E-state index contributed by atoms with van der Waals surface area (Å²) in [5.74, 6) is 0. The first kappa shape index (κ1) is 8.90. The molecule has 0 aromatic heterocycles. The van der Waals surface area contributed by atoms with Crippen molar-refractivity contribution in [3.8, 4) is 0 Å². The van der Waals surface area contributed by atoms with Crippen LogP contribution in [0.4, 0.5) is 0 Å². The van der Waals surface area contributed by atoms with E-state index in [1.165, 1.54) is 63.5 Å². The fourth-order valence-electron chi connectivity index (χ4n) is 3.31. The van der Waals surface area contributed by atoms with Gasteiger partial charge in [-0.2, -0.15) is 0 Å². The molecular formula is C12H20N2. The third-order valence-electron chi connectivity index (χ3n) is 4.06. The van der Waals surface area contributed by atoms with Gasteiger partial charge in [-0.05, 0) is 44.9 Å². The summed E-state index contributed by atoms with van der Waals surface area (Å²) >= 11 is 0. The van der Waals surface area contributed by atoms with Crippen LogP contribution in [0.15, 0.2) is 4.99 Å². The Labute approximate surface area is 86.2 Å². The summed E-state index contributed by atoms with van der Waals surface area (Å²) in [6.07, 6.45) is 12.1. The Hall–Kier alpha value is -0.370. The number of nitrogens with one attached hydrogen (secondary N) is 1. The van der Waals surface area contributed by atoms with E-state index >= 15 is 0 Å². The number of hydrogen-bond donors (Lipinski definition) is 1. The molecule has 2 fully saturated rings. The zero-order valence-electron chi connectivity index (χ0n) is 8.89. The highest BCUT2D eigenvalue weighted by Gasteiger charge is 2.40. The van der Waals surface area contributed by atoms with Crippen molar-refractivity contribution in [3.05, 3.63) is 0 Å². The van der Waals surface area contributed by atoms with Gasteiger partial charge in [0.05, 0.1) is 0 Å². The Morgan fingerprint density at radius 2 is 1.93 bits per heavy atom. The SMILES string of the molecule is C1CCC2(CC1)N=C1CCCCC1N2. The average molecular weight is 192 g/mol. The Balaban J connectivity index is 1.80. The summed E-state index contributed by atoms with van der Waals surface area (Å²) in [4.78, 5) is 5.01. The van der Waals surface area contributed by atoms with Gasteiger partial charge in [0.1, 0.15) is 5.66 Å². The van der Waals surface area contributed by atoms with Crippen molar-refractivity contribution in [2.24, 2.45) is 4.99 Å². The molecule has 1 aliphatic heterocycles. The highest BCUT2D eigenvalue weighted by molar-refractivity contribution is 5.92. The minimum absolute atomic E-state index is 0.197. The summed E-state index contributed by atoms with van der Waals surface area (Å²) in [6, 6.07) is 0.654. The first-order valence-corrected chi connectivity index (χ1v) is 6.24. The first-order chi connectivity index (χ1) is 6.88. The first-order valence-electron chi connectivity index (χ1n) is 6.24. The van der Waals surface area contributed by atoms with E-state index in [9.17, 15) is 0 Å². The molecule has 2 nitrogen and oxygen atoms in total. The minimum atomic E-state index is 0.197. The average Bonchev–Trinajstić information content (AvgIpc) is 2.56. The number of rotatable bonds is 0. The molecule has 2 aliphatic carbocycles. The van der Waals surface area contributed by atoms with Gasteiger partial charge in [0, 0.05) is 11.8 Å². The summed E-state index contributed by atoms with van der Waals surface area (Å²) in [5, 5.41) is 3.80. The second kappa shape index (κ2) is 3.34. The maximum atomic E-state index is 5.01. The lowest BCUT2D eigenvalue weighted by Gasteiger charge is -2.32. The number of hydrogen-bond acceptors (Lipinski definition) is 2. The number of fused-ring (bicyclic) bond motifs is 1. The fraction of sp³-hybridized carbons (Fsp3) is 0.917. The van der Waals surface area contributed by atoms with E-state index in [0.717, 1.165) is 0 Å². The Bertz CT molecular complexity index is 251. The second-order valence-electron chi connectivity index (χ2n) is 5.14. The van der Waals surface area contributed by atoms with Crippen molar-refractivity contribution >= 4 is 5.71 Å². The smallest absolute Gasteiger partial charge is 0.111 e. The van der Waals surface area contributed by atoms with E-state index < -0.39 is 0 Å². The van der Waals surface area contributed by atoms with E-state index in [4.69, 9.17) is 4.99 Å². The van der Waals surface area contributed by atoms with Gasteiger partial charge in [-0.3, -0.25) is 10.3 Å². The predicted molar refractivity (Wildman–Crippen MR) is 58.6 cm³/mol. The molecule has 0 aromatic rings. The Kier molecular flexibility index (Phi) is 2.12. The van der Waals surface area contributed by atoms with Crippen molar-refractivity contribution in [1.82, 2.24) is 5.32 Å². The molecule has 0 amide bonds. The topological polar surface area (TPSA) is 24.4 Å². The van der Waals surface area contributed by atoms with Gasteiger partial charge < -0.3 is 0 Å². The van der Waals surface area contributed by atoms with Gasteiger partial charge in [0.2, 0.25) is 0 Å². The molecule has 1 spiro atoms. The summed E-state index contributed by atoms with van der Waals surface area (Å²) in [5.41, 5.74) is 1.70.